The van der Waals surface area contributed by atoms with Gasteiger partial charge in [-0.15, -0.1) is 0 Å². The summed E-state index contributed by atoms with van der Waals surface area (Å²) in [6.07, 6.45) is 0. The lowest BCUT2D eigenvalue weighted by molar-refractivity contribution is 1.18. The van der Waals surface area contributed by atoms with Crippen LogP contribution in [0.15, 0.2) is 231 Å². The molecule has 0 fully saturated rings. The standard InChI is InChI=1S/C60H38N2/c1-3-15-39(16-4-1)59-49-22-9-11-24-51(49)60(52-25-12-10-23-50(52)59)40-27-31-46(32-28-40)62-57-38-44(29-33-48(57)54-35-41-17-7-8-18-42(41)37-58(54)62)43-30-34-56-53(36-43)47-21-13-14-26-55(47)61(56)45-19-5-2-6-20-45/h1-38H. The maximum atomic E-state index is 2.47. The van der Waals surface area contributed by atoms with Crippen molar-refractivity contribution in [2.75, 3.05) is 0 Å². The Labute approximate surface area is 358 Å². The minimum Gasteiger partial charge on any atom is -0.309 e. The van der Waals surface area contributed by atoms with Crippen molar-refractivity contribution in [3.63, 3.8) is 0 Å². The average Bonchev–Trinajstić information content (AvgIpc) is 3.84. The van der Waals surface area contributed by atoms with E-state index in [9.17, 15) is 0 Å². The van der Waals surface area contributed by atoms with E-state index in [2.05, 4.69) is 240 Å². The Hall–Kier alpha value is -8.20. The van der Waals surface area contributed by atoms with E-state index in [1.165, 1.54) is 115 Å². The second-order valence-corrected chi connectivity index (χ2v) is 16.5. The van der Waals surface area contributed by atoms with Gasteiger partial charge in [0, 0.05) is 32.9 Å². The number of aromatic nitrogens is 2. The molecule has 0 saturated carbocycles. The minimum absolute atomic E-state index is 1.14. The van der Waals surface area contributed by atoms with Gasteiger partial charge >= 0.3 is 0 Å². The molecule has 2 heterocycles. The molecule has 13 aromatic rings. The predicted molar refractivity (Wildman–Crippen MR) is 264 cm³/mol. The van der Waals surface area contributed by atoms with E-state index in [4.69, 9.17) is 0 Å². The summed E-state index contributed by atoms with van der Waals surface area (Å²) in [5.41, 5.74) is 14.5. The summed E-state index contributed by atoms with van der Waals surface area (Å²) in [5.74, 6) is 0. The van der Waals surface area contributed by atoms with Crippen LogP contribution in [-0.4, -0.2) is 9.13 Å². The van der Waals surface area contributed by atoms with E-state index in [0.29, 0.717) is 0 Å². The second-order valence-electron chi connectivity index (χ2n) is 16.5. The van der Waals surface area contributed by atoms with Crippen LogP contribution in [0.1, 0.15) is 0 Å². The number of fused-ring (bicyclic) bond motifs is 9. The van der Waals surface area contributed by atoms with Crippen LogP contribution in [-0.2, 0) is 0 Å². The van der Waals surface area contributed by atoms with Crippen LogP contribution < -0.4 is 0 Å². The molecule has 2 heteroatoms. The monoisotopic (exact) mass is 786 g/mol. The normalized spacial score (nSPS) is 11.9. The molecule has 0 bridgehead atoms. The van der Waals surface area contributed by atoms with Gasteiger partial charge in [0.25, 0.3) is 0 Å². The molecule has 288 valence electrons. The Morgan fingerprint density at radius 1 is 0.210 bits per heavy atom. The molecule has 0 saturated heterocycles. The van der Waals surface area contributed by atoms with Gasteiger partial charge in [-0.1, -0.05) is 170 Å². The van der Waals surface area contributed by atoms with E-state index < -0.39 is 0 Å². The molecule has 0 aliphatic rings. The smallest absolute Gasteiger partial charge is 0.0547 e. The quantitative estimate of drug-likeness (QED) is 0.154. The number of para-hydroxylation sites is 2. The fraction of sp³-hybridized carbons (Fsp3) is 0. The average molecular weight is 787 g/mol. The molecule has 0 amide bonds. The van der Waals surface area contributed by atoms with Gasteiger partial charge in [-0.2, -0.15) is 0 Å². The maximum absolute atomic E-state index is 2.47. The van der Waals surface area contributed by atoms with Gasteiger partial charge in [-0.05, 0) is 126 Å². The van der Waals surface area contributed by atoms with Crippen molar-refractivity contribution in [3.8, 4) is 44.8 Å². The summed E-state index contributed by atoms with van der Waals surface area (Å²) in [6.45, 7) is 0. The van der Waals surface area contributed by atoms with E-state index in [1.807, 2.05) is 0 Å². The van der Waals surface area contributed by atoms with E-state index >= 15 is 0 Å². The van der Waals surface area contributed by atoms with Gasteiger partial charge in [0.2, 0.25) is 0 Å². The van der Waals surface area contributed by atoms with Crippen LogP contribution >= 0.6 is 0 Å². The Kier molecular flexibility index (Phi) is 7.64. The molecular weight excluding hydrogens is 749 g/mol. The Morgan fingerprint density at radius 3 is 1.31 bits per heavy atom. The molecular formula is C60H38N2. The molecule has 62 heavy (non-hydrogen) atoms. The predicted octanol–water partition coefficient (Wildman–Crippen LogP) is 16.3. The molecule has 0 spiro atoms. The number of rotatable bonds is 5. The molecule has 0 atom stereocenters. The van der Waals surface area contributed by atoms with Crippen LogP contribution in [0.4, 0.5) is 0 Å². The van der Waals surface area contributed by atoms with Crippen molar-refractivity contribution in [2.45, 2.75) is 0 Å². The SMILES string of the molecule is c1ccc(-c2c3ccccc3c(-c3ccc(-n4c5cc(-c6ccc7c(c6)c6ccccc6n7-c6ccccc6)ccc5c5cc6ccccc6cc54)cc3)c3ccccc23)cc1. The molecule has 0 N–H and O–H groups in total. The lowest BCUT2D eigenvalue weighted by atomic mass is 9.86. The third-order valence-electron chi connectivity index (χ3n) is 13.1. The zero-order valence-corrected chi connectivity index (χ0v) is 33.8. The zero-order valence-electron chi connectivity index (χ0n) is 33.8. The molecule has 0 aliphatic carbocycles. The Morgan fingerprint density at radius 2 is 0.629 bits per heavy atom. The molecule has 0 radical (unpaired) electrons. The first-order valence-corrected chi connectivity index (χ1v) is 21.4. The minimum atomic E-state index is 1.14. The molecule has 13 rings (SSSR count). The first kappa shape index (κ1) is 34.6. The molecule has 11 aromatic carbocycles. The maximum Gasteiger partial charge on any atom is 0.0547 e. The van der Waals surface area contributed by atoms with Crippen molar-refractivity contribution in [1.82, 2.24) is 9.13 Å². The summed E-state index contributed by atoms with van der Waals surface area (Å²) in [7, 11) is 0. The van der Waals surface area contributed by atoms with E-state index in [0.717, 1.165) is 5.69 Å². The number of nitrogens with zero attached hydrogens (tertiary/aromatic N) is 2. The summed E-state index contributed by atoms with van der Waals surface area (Å²) in [5, 5.41) is 12.5. The third-order valence-corrected chi connectivity index (χ3v) is 13.1. The van der Waals surface area contributed by atoms with Gasteiger partial charge < -0.3 is 9.13 Å². The highest BCUT2D eigenvalue weighted by Crippen LogP contribution is 2.45. The lowest BCUT2D eigenvalue weighted by Crippen LogP contribution is -1.95. The summed E-state index contributed by atoms with van der Waals surface area (Å²) >= 11 is 0. The molecule has 0 aliphatic heterocycles. The fourth-order valence-corrected chi connectivity index (χ4v) is 10.3. The van der Waals surface area contributed by atoms with Crippen molar-refractivity contribution in [1.29, 1.82) is 0 Å². The van der Waals surface area contributed by atoms with Crippen LogP contribution in [0, 0.1) is 0 Å². The van der Waals surface area contributed by atoms with Gasteiger partial charge in [0.15, 0.2) is 0 Å². The van der Waals surface area contributed by atoms with Crippen LogP contribution in [0.5, 0.6) is 0 Å². The van der Waals surface area contributed by atoms with Crippen molar-refractivity contribution < 1.29 is 0 Å². The third kappa shape index (κ3) is 5.23. The first-order valence-electron chi connectivity index (χ1n) is 21.4. The van der Waals surface area contributed by atoms with Gasteiger partial charge in [0.05, 0.1) is 22.1 Å². The highest BCUT2D eigenvalue weighted by Gasteiger charge is 2.19. The highest BCUT2D eigenvalue weighted by atomic mass is 15.0. The lowest BCUT2D eigenvalue weighted by Gasteiger charge is -2.18. The number of benzene rings is 11. The molecule has 0 unspecified atom stereocenters. The fourth-order valence-electron chi connectivity index (χ4n) is 10.3. The van der Waals surface area contributed by atoms with Crippen molar-refractivity contribution in [3.05, 3.63) is 231 Å². The Balaban J connectivity index is 1.01. The van der Waals surface area contributed by atoms with Gasteiger partial charge in [0.1, 0.15) is 0 Å². The van der Waals surface area contributed by atoms with Crippen LogP contribution in [0.2, 0.25) is 0 Å². The summed E-state index contributed by atoms with van der Waals surface area (Å²) in [6, 6.07) is 84.8. The highest BCUT2D eigenvalue weighted by molar-refractivity contribution is 6.21. The van der Waals surface area contributed by atoms with Gasteiger partial charge in [-0.25, -0.2) is 0 Å². The van der Waals surface area contributed by atoms with Crippen LogP contribution in [0.3, 0.4) is 0 Å². The zero-order chi connectivity index (χ0) is 40.7. The second kappa shape index (κ2) is 13.7. The van der Waals surface area contributed by atoms with E-state index in [1.54, 1.807) is 0 Å². The van der Waals surface area contributed by atoms with Gasteiger partial charge in [-0.3, -0.25) is 0 Å². The molecule has 2 aromatic heterocycles. The van der Waals surface area contributed by atoms with Crippen molar-refractivity contribution in [2.24, 2.45) is 0 Å². The number of hydrogen-bond donors (Lipinski definition) is 0. The summed E-state index contributed by atoms with van der Waals surface area (Å²) in [4.78, 5) is 0. The first-order chi connectivity index (χ1) is 30.8. The van der Waals surface area contributed by atoms with Crippen molar-refractivity contribution >= 4 is 75.9 Å². The molecule has 2 nitrogen and oxygen atoms in total. The van der Waals surface area contributed by atoms with Crippen LogP contribution in [0.25, 0.3) is 121 Å². The van der Waals surface area contributed by atoms with E-state index in [-0.39, 0.29) is 0 Å². The summed E-state index contributed by atoms with van der Waals surface area (Å²) < 4.78 is 4.85. The number of hydrogen-bond acceptors (Lipinski definition) is 0. The Bertz CT molecular complexity index is 3830. The largest absolute Gasteiger partial charge is 0.309 e. The topological polar surface area (TPSA) is 9.86 Å².